The van der Waals surface area contributed by atoms with E-state index in [1.54, 1.807) is 24.3 Å². The van der Waals surface area contributed by atoms with Crippen molar-refractivity contribution in [3.8, 4) is 5.75 Å². The molecule has 0 spiro atoms. The number of hydrogen-bond acceptors (Lipinski definition) is 4. The van der Waals surface area contributed by atoms with E-state index in [1.807, 2.05) is 25.5 Å². The van der Waals surface area contributed by atoms with Crippen molar-refractivity contribution in [3.05, 3.63) is 54.4 Å². The fourth-order valence-electron chi connectivity index (χ4n) is 2.12. The first kappa shape index (κ1) is 22.9. The Bertz CT molecular complexity index is 764. The molecular weight excluding hydrogens is 462 g/mol. The molecule has 2 N–H and O–H groups in total. The molecule has 0 fully saturated rings. The molecule has 1 unspecified atom stereocenters. The van der Waals surface area contributed by atoms with Gasteiger partial charge in [0.25, 0.3) is 0 Å². The molecule has 0 bridgehead atoms. The minimum Gasteiger partial charge on any atom is -0.486 e. The maximum Gasteiger partial charge on any atom is 0.192 e. The lowest BCUT2D eigenvalue weighted by Gasteiger charge is -2.18. The van der Waals surface area contributed by atoms with Gasteiger partial charge in [-0.05, 0) is 26.0 Å². The molecule has 0 amide bonds. The highest BCUT2D eigenvalue weighted by Crippen LogP contribution is 2.16. The number of halogens is 2. The van der Waals surface area contributed by atoms with Gasteiger partial charge in [-0.3, -0.25) is 0 Å². The van der Waals surface area contributed by atoms with Crippen LogP contribution >= 0.6 is 24.0 Å². The number of nitrogens with one attached hydrogen (secondary N) is 2. The first-order chi connectivity index (χ1) is 12.5. The van der Waals surface area contributed by atoms with Crippen LogP contribution in [0.15, 0.2) is 41.9 Å². The topological polar surface area (TPSA) is 76.4 Å². The first-order valence-corrected chi connectivity index (χ1v) is 8.40. The van der Waals surface area contributed by atoms with Gasteiger partial charge in [-0.25, -0.2) is 9.38 Å². The lowest BCUT2D eigenvalue weighted by atomic mass is 10.3. The van der Waals surface area contributed by atoms with Crippen molar-refractivity contribution in [2.24, 2.45) is 12.0 Å². The van der Waals surface area contributed by atoms with Gasteiger partial charge < -0.3 is 19.9 Å². The summed E-state index contributed by atoms with van der Waals surface area (Å²) in [5, 5.41) is 14.4. The van der Waals surface area contributed by atoms with Crippen molar-refractivity contribution in [1.82, 2.24) is 25.4 Å². The SMILES string of the molecule is C=CCNC(=NCc1nnc(C)n1C)NCC(C)Oc1ccccc1F.I. The summed E-state index contributed by atoms with van der Waals surface area (Å²) in [5.74, 6) is 2.03. The molecule has 0 radical (unpaired) electrons. The quantitative estimate of drug-likeness (QED) is 0.259. The summed E-state index contributed by atoms with van der Waals surface area (Å²) in [4.78, 5) is 4.50. The van der Waals surface area contributed by atoms with E-state index < -0.39 is 0 Å². The maximum absolute atomic E-state index is 13.7. The zero-order valence-electron chi connectivity index (χ0n) is 15.8. The number of guanidine groups is 1. The average Bonchev–Trinajstić information content (AvgIpc) is 2.95. The Morgan fingerprint density at radius 3 is 2.74 bits per heavy atom. The summed E-state index contributed by atoms with van der Waals surface area (Å²) < 4.78 is 21.2. The molecule has 7 nitrogen and oxygen atoms in total. The number of rotatable bonds is 8. The van der Waals surface area contributed by atoms with Gasteiger partial charge in [0.15, 0.2) is 23.4 Å². The summed E-state index contributed by atoms with van der Waals surface area (Å²) in [7, 11) is 1.90. The Kier molecular flexibility index (Phi) is 9.76. The zero-order valence-corrected chi connectivity index (χ0v) is 18.1. The van der Waals surface area contributed by atoms with Crippen molar-refractivity contribution in [3.63, 3.8) is 0 Å². The monoisotopic (exact) mass is 488 g/mol. The predicted octanol–water partition coefficient (Wildman–Crippen LogP) is 2.57. The Balaban J connectivity index is 0.00000364. The highest BCUT2D eigenvalue weighted by atomic mass is 127. The molecule has 27 heavy (non-hydrogen) atoms. The molecule has 2 rings (SSSR count). The molecule has 1 atom stereocenters. The van der Waals surface area contributed by atoms with E-state index in [9.17, 15) is 4.39 Å². The molecule has 0 aliphatic heterocycles. The third kappa shape index (κ3) is 7.16. The minimum absolute atomic E-state index is 0. The highest BCUT2D eigenvalue weighted by molar-refractivity contribution is 14.0. The molecule has 0 saturated carbocycles. The number of ether oxygens (including phenoxy) is 1. The molecule has 148 valence electrons. The van der Waals surface area contributed by atoms with Crippen LogP contribution < -0.4 is 15.4 Å². The summed E-state index contributed by atoms with van der Waals surface area (Å²) in [6.07, 6.45) is 1.49. The summed E-state index contributed by atoms with van der Waals surface area (Å²) in [6, 6.07) is 6.34. The van der Waals surface area contributed by atoms with Gasteiger partial charge in [-0.15, -0.1) is 40.8 Å². The van der Waals surface area contributed by atoms with Crippen molar-refractivity contribution < 1.29 is 9.13 Å². The van der Waals surface area contributed by atoms with Gasteiger partial charge >= 0.3 is 0 Å². The molecule has 1 heterocycles. The fraction of sp³-hybridized carbons (Fsp3) is 0.389. The number of aryl methyl sites for hydroxylation is 1. The van der Waals surface area contributed by atoms with Crippen LogP contribution in [0.1, 0.15) is 18.6 Å². The second-order valence-electron chi connectivity index (χ2n) is 5.80. The van der Waals surface area contributed by atoms with Crippen molar-refractivity contribution in [1.29, 1.82) is 0 Å². The fourth-order valence-corrected chi connectivity index (χ4v) is 2.12. The van der Waals surface area contributed by atoms with Gasteiger partial charge in [0.1, 0.15) is 18.5 Å². The Morgan fingerprint density at radius 1 is 1.37 bits per heavy atom. The van der Waals surface area contributed by atoms with Crippen LogP contribution in [-0.2, 0) is 13.6 Å². The van der Waals surface area contributed by atoms with E-state index >= 15 is 0 Å². The second-order valence-corrected chi connectivity index (χ2v) is 5.80. The molecule has 9 heteroatoms. The lowest BCUT2D eigenvalue weighted by molar-refractivity contribution is 0.214. The summed E-state index contributed by atoms with van der Waals surface area (Å²) in [5.41, 5.74) is 0. The molecule has 0 aliphatic rings. The van der Waals surface area contributed by atoms with E-state index in [-0.39, 0.29) is 41.6 Å². The van der Waals surface area contributed by atoms with Crippen LogP contribution in [0.25, 0.3) is 0 Å². The standard InChI is InChI=1S/C18H25FN6O.HI/c1-5-10-20-18(22-12-17-24-23-14(3)25(17)4)21-11-13(2)26-16-9-7-6-8-15(16)19;/h5-9,13H,1,10-12H2,2-4H3,(H2,20,21,22);1H. The Labute approximate surface area is 176 Å². The Hall–Kier alpha value is -2.17. The van der Waals surface area contributed by atoms with Gasteiger partial charge in [0.2, 0.25) is 0 Å². The van der Waals surface area contributed by atoms with E-state index in [2.05, 4.69) is 32.4 Å². The van der Waals surface area contributed by atoms with Crippen molar-refractivity contribution in [2.45, 2.75) is 26.5 Å². The van der Waals surface area contributed by atoms with E-state index in [1.165, 1.54) is 6.07 Å². The minimum atomic E-state index is -0.379. The van der Waals surface area contributed by atoms with Crippen LogP contribution in [-0.4, -0.2) is 39.9 Å². The van der Waals surface area contributed by atoms with Crippen LogP contribution in [0.2, 0.25) is 0 Å². The average molecular weight is 488 g/mol. The first-order valence-electron chi connectivity index (χ1n) is 8.40. The smallest absolute Gasteiger partial charge is 0.192 e. The second kappa shape index (κ2) is 11.5. The molecule has 1 aromatic carbocycles. The van der Waals surface area contributed by atoms with Gasteiger partial charge in [-0.2, -0.15) is 0 Å². The number of benzene rings is 1. The van der Waals surface area contributed by atoms with Crippen LogP contribution in [0.5, 0.6) is 5.75 Å². The van der Waals surface area contributed by atoms with Gasteiger partial charge in [0.05, 0.1) is 6.54 Å². The summed E-state index contributed by atoms with van der Waals surface area (Å²) >= 11 is 0. The highest BCUT2D eigenvalue weighted by Gasteiger charge is 2.09. The normalized spacial score (nSPS) is 12.1. The van der Waals surface area contributed by atoms with E-state index in [4.69, 9.17) is 4.74 Å². The number of aliphatic imine (C=N–C) groups is 1. The van der Waals surface area contributed by atoms with Crippen molar-refractivity contribution in [2.75, 3.05) is 13.1 Å². The Morgan fingerprint density at radius 2 is 2.11 bits per heavy atom. The predicted molar refractivity (Wildman–Crippen MR) is 115 cm³/mol. The number of hydrogen-bond donors (Lipinski definition) is 2. The third-order valence-electron chi connectivity index (χ3n) is 3.70. The molecule has 1 aromatic heterocycles. The maximum atomic E-state index is 13.7. The zero-order chi connectivity index (χ0) is 18.9. The number of nitrogens with zero attached hydrogens (tertiary/aromatic N) is 4. The van der Waals surface area contributed by atoms with E-state index in [0.29, 0.717) is 25.6 Å². The molecular formula is C18H26FIN6O. The molecule has 0 saturated heterocycles. The lowest BCUT2D eigenvalue weighted by Crippen LogP contribution is -2.42. The summed E-state index contributed by atoms with van der Waals surface area (Å²) in [6.45, 7) is 8.83. The van der Waals surface area contributed by atoms with Crippen LogP contribution in [0.3, 0.4) is 0 Å². The van der Waals surface area contributed by atoms with E-state index in [0.717, 1.165) is 11.6 Å². The number of para-hydroxylation sites is 1. The van der Waals surface area contributed by atoms with Crippen LogP contribution in [0, 0.1) is 12.7 Å². The van der Waals surface area contributed by atoms with Crippen LogP contribution in [0.4, 0.5) is 4.39 Å². The largest absolute Gasteiger partial charge is 0.486 e. The third-order valence-corrected chi connectivity index (χ3v) is 3.70. The molecule has 0 aliphatic carbocycles. The van der Waals surface area contributed by atoms with Gasteiger partial charge in [-0.1, -0.05) is 18.2 Å². The number of aromatic nitrogens is 3. The molecule has 2 aromatic rings. The van der Waals surface area contributed by atoms with Gasteiger partial charge in [0, 0.05) is 13.6 Å². The van der Waals surface area contributed by atoms with Crippen molar-refractivity contribution >= 4 is 29.9 Å².